The SMILES string of the molecule is Cc1nc(-c2cc(-c3ccccc3F)n[nH]2)n(C2CCN(C)CC2)n1. The Balaban J connectivity index is 1.68. The summed E-state index contributed by atoms with van der Waals surface area (Å²) in [6.45, 7) is 3.99. The van der Waals surface area contributed by atoms with E-state index < -0.39 is 0 Å². The van der Waals surface area contributed by atoms with E-state index in [-0.39, 0.29) is 5.82 Å². The van der Waals surface area contributed by atoms with Gasteiger partial charge in [0.05, 0.1) is 11.7 Å². The molecule has 1 aromatic carbocycles. The van der Waals surface area contributed by atoms with Gasteiger partial charge < -0.3 is 4.90 Å². The van der Waals surface area contributed by atoms with E-state index in [0.29, 0.717) is 17.3 Å². The van der Waals surface area contributed by atoms with Crippen LogP contribution < -0.4 is 0 Å². The third-order valence-electron chi connectivity index (χ3n) is 4.74. The molecule has 0 aliphatic carbocycles. The summed E-state index contributed by atoms with van der Waals surface area (Å²) in [4.78, 5) is 6.90. The van der Waals surface area contributed by atoms with Crippen molar-refractivity contribution in [1.82, 2.24) is 29.9 Å². The molecule has 0 bridgehead atoms. The van der Waals surface area contributed by atoms with Crippen LogP contribution in [0.4, 0.5) is 4.39 Å². The van der Waals surface area contributed by atoms with Crippen LogP contribution in [0.3, 0.4) is 0 Å². The molecule has 1 N–H and O–H groups in total. The van der Waals surface area contributed by atoms with E-state index >= 15 is 0 Å². The minimum absolute atomic E-state index is 0.284. The highest BCUT2D eigenvalue weighted by molar-refractivity contribution is 5.65. The zero-order valence-electron chi connectivity index (χ0n) is 14.4. The number of aryl methyl sites for hydroxylation is 1. The zero-order valence-corrected chi connectivity index (χ0v) is 14.4. The van der Waals surface area contributed by atoms with Crippen LogP contribution in [0.5, 0.6) is 0 Å². The van der Waals surface area contributed by atoms with Crippen molar-refractivity contribution in [2.24, 2.45) is 0 Å². The number of piperidine rings is 1. The molecule has 0 saturated carbocycles. The van der Waals surface area contributed by atoms with E-state index in [0.717, 1.165) is 43.3 Å². The second-order valence-corrected chi connectivity index (χ2v) is 6.61. The third-order valence-corrected chi connectivity index (χ3v) is 4.74. The van der Waals surface area contributed by atoms with Gasteiger partial charge in [-0.3, -0.25) is 5.10 Å². The lowest BCUT2D eigenvalue weighted by Crippen LogP contribution is -2.32. The predicted molar refractivity (Wildman–Crippen MR) is 93.5 cm³/mol. The maximum atomic E-state index is 14.0. The van der Waals surface area contributed by atoms with E-state index in [4.69, 9.17) is 0 Å². The Morgan fingerprint density at radius 1 is 1.20 bits per heavy atom. The number of hydrogen-bond acceptors (Lipinski definition) is 4. The number of aromatic amines is 1. The maximum absolute atomic E-state index is 14.0. The summed E-state index contributed by atoms with van der Waals surface area (Å²) in [5.74, 6) is 1.21. The first-order valence-electron chi connectivity index (χ1n) is 8.54. The number of benzene rings is 1. The molecule has 0 spiro atoms. The minimum atomic E-state index is -0.284. The Morgan fingerprint density at radius 3 is 2.72 bits per heavy atom. The standard InChI is InChI=1S/C18H21FN6/c1-12-20-18(25(23-12)13-7-9-24(2)10-8-13)17-11-16(21-22-17)14-5-3-4-6-15(14)19/h3-6,11,13H,7-10H2,1-2H3,(H,21,22). The summed E-state index contributed by atoms with van der Waals surface area (Å²) in [5, 5.41) is 11.9. The van der Waals surface area contributed by atoms with Crippen molar-refractivity contribution in [2.75, 3.05) is 20.1 Å². The molecule has 1 aliphatic heterocycles. The van der Waals surface area contributed by atoms with E-state index in [2.05, 4.69) is 32.2 Å². The maximum Gasteiger partial charge on any atom is 0.176 e. The number of nitrogens with zero attached hydrogens (tertiary/aromatic N) is 5. The molecule has 3 aromatic rings. The molecule has 7 heteroatoms. The van der Waals surface area contributed by atoms with Gasteiger partial charge in [0.2, 0.25) is 0 Å². The molecule has 4 rings (SSSR count). The van der Waals surface area contributed by atoms with Crippen molar-refractivity contribution in [1.29, 1.82) is 0 Å². The fraction of sp³-hybridized carbons (Fsp3) is 0.389. The monoisotopic (exact) mass is 340 g/mol. The van der Waals surface area contributed by atoms with Gasteiger partial charge in [-0.2, -0.15) is 10.2 Å². The molecule has 0 amide bonds. The molecule has 3 heterocycles. The summed E-state index contributed by atoms with van der Waals surface area (Å²) in [5.41, 5.74) is 1.81. The Kier molecular flexibility index (Phi) is 4.09. The molecule has 130 valence electrons. The van der Waals surface area contributed by atoms with E-state index in [1.54, 1.807) is 18.2 Å². The smallest absolute Gasteiger partial charge is 0.176 e. The van der Waals surface area contributed by atoms with Crippen molar-refractivity contribution in [3.05, 3.63) is 42.0 Å². The van der Waals surface area contributed by atoms with Crippen LogP contribution >= 0.6 is 0 Å². The Hall–Kier alpha value is -2.54. The zero-order chi connectivity index (χ0) is 17.4. The van der Waals surface area contributed by atoms with E-state index in [1.807, 2.05) is 17.7 Å². The molecular formula is C18H21FN6. The van der Waals surface area contributed by atoms with Gasteiger partial charge in [0.15, 0.2) is 5.82 Å². The fourth-order valence-electron chi connectivity index (χ4n) is 3.35. The lowest BCUT2D eigenvalue weighted by atomic mass is 10.1. The first-order valence-corrected chi connectivity index (χ1v) is 8.54. The molecule has 0 atom stereocenters. The number of halogens is 1. The Labute approximate surface area is 145 Å². The van der Waals surface area contributed by atoms with Crippen LogP contribution in [-0.2, 0) is 0 Å². The highest BCUT2D eigenvalue weighted by Crippen LogP contribution is 2.29. The number of hydrogen-bond donors (Lipinski definition) is 1. The van der Waals surface area contributed by atoms with Crippen LogP contribution in [0.25, 0.3) is 22.8 Å². The van der Waals surface area contributed by atoms with Gasteiger partial charge in [-0.1, -0.05) is 12.1 Å². The second-order valence-electron chi connectivity index (χ2n) is 6.61. The first kappa shape index (κ1) is 16.0. The van der Waals surface area contributed by atoms with Gasteiger partial charge >= 0.3 is 0 Å². The Morgan fingerprint density at radius 2 is 1.96 bits per heavy atom. The number of aromatic nitrogens is 5. The van der Waals surface area contributed by atoms with Crippen molar-refractivity contribution < 1.29 is 4.39 Å². The second kappa shape index (κ2) is 6.40. The van der Waals surface area contributed by atoms with Gasteiger partial charge in [-0.05, 0) is 58.1 Å². The molecule has 1 saturated heterocycles. The van der Waals surface area contributed by atoms with Gasteiger partial charge in [0.1, 0.15) is 17.3 Å². The van der Waals surface area contributed by atoms with Gasteiger partial charge in [-0.25, -0.2) is 14.1 Å². The summed E-state index contributed by atoms with van der Waals surface area (Å²) in [6, 6.07) is 8.81. The molecule has 2 aromatic heterocycles. The van der Waals surface area contributed by atoms with Crippen LogP contribution in [0, 0.1) is 12.7 Å². The highest BCUT2D eigenvalue weighted by Gasteiger charge is 2.24. The fourth-order valence-corrected chi connectivity index (χ4v) is 3.35. The van der Waals surface area contributed by atoms with Crippen LogP contribution in [0.15, 0.2) is 30.3 Å². The normalized spacial score (nSPS) is 16.4. The average Bonchev–Trinajstić information content (AvgIpc) is 3.23. The number of likely N-dealkylation sites (tertiary alicyclic amines) is 1. The molecule has 0 unspecified atom stereocenters. The third kappa shape index (κ3) is 3.07. The Bertz CT molecular complexity index is 875. The molecule has 6 nitrogen and oxygen atoms in total. The first-order chi connectivity index (χ1) is 12.1. The summed E-state index contributed by atoms with van der Waals surface area (Å²) in [7, 11) is 2.14. The van der Waals surface area contributed by atoms with E-state index in [1.165, 1.54) is 6.07 Å². The molecular weight excluding hydrogens is 319 g/mol. The summed E-state index contributed by atoms with van der Waals surface area (Å²) >= 11 is 0. The van der Waals surface area contributed by atoms with Gasteiger partial charge in [0.25, 0.3) is 0 Å². The van der Waals surface area contributed by atoms with Crippen LogP contribution in [0.2, 0.25) is 0 Å². The molecule has 1 fully saturated rings. The quantitative estimate of drug-likeness (QED) is 0.796. The molecule has 25 heavy (non-hydrogen) atoms. The van der Waals surface area contributed by atoms with E-state index in [9.17, 15) is 4.39 Å². The minimum Gasteiger partial charge on any atom is -0.306 e. The van der Waals surface area contributed by atoms with Gasteiger partial charge in [-0.15, -0.1) is 0 Å². The van der Waals surface area contributed by atoms with Crippen LogP contribution in [0.1, 0.15) is 24.7 Å². The lowest BCUT2D eigenvalue weighted by molar-refractivity contribution is 0.213. The molecule has 0 radical (unpaired) electrons. The van der Waals surface area contributed by atoms with Crippen molar-refractivity contribution in [3.63, 3.8) is 0 Å². The van der Waals surface area contributed by atoms with Crippen molar-refractivity contribution >= 4 is 0 Å². The highest BCUT2D eigenvalue weighted by atomic mass is 19.1. The number of rotatable bonds is 3. The average molecular weight is 340 g/mol. The van der Waals surface area contributed by atoms with Crippen LogP contribution in [-0.4, -0.2) is 50.0 Å². The summed E-state index contributed by atoms with van der Waals surface area (Å²) < 4.78 is 16.0. The van der Waals surface area contributed by atoms with Crippen molar-refractivity contribution in [3.8, 4) is 22.8 Å². The topological polar surface area (TPSA) is 62.6 Å². The number of H-pyrrole nitrogens is 1. The number of nitrogens with one attached hydrogen (secondary N) is 1. The largest absolute Gasteiger partial charge is 0.306 e. The van der Waals surface area contributed by atoms with Crippen molar-refractivity contribution in [2.45, 2.75) is 25.8 Å². The van der Waals surface area contributed by atoms with Gasteiger partial charge in [0, 0.05) is 5.56 Å². The lowest BCUT2D eigenvalue weighted by Gasteiger charge is -2.29. The molecule has 1 aliphatic rings. The predicted octanol–water partition coefficient (Wildman–Crippen LogP) is 3.05. The summed E-state index contributed by atoms with van der Waals surface area (Å²) in [6.07, 6.45) is 2.08.